The van der Waals surface area contributed by atoms with E-state index in [1.54, 1.807) is 24.3 Å². The first-order chi connectivity index (χ1) is 11.9. The van der Waals surface area contributed by atoms with Crippen molar-refractivity contribution in [1.82, 2.24) is 0 Å². The molecule has 128 valence electrons. The quantitative estimate of drug-likeness (QED) is 0.699. The zero-order chi connectivity index (χ0) is 18.0. The van der Waals surface area contributed by atoms with Crippen molar-refractivity contribution in [3.8, 4) is 0 Å². The number of ether oxygens (including phenoxy) is 1. The van der Waals surface area contributed by atoms with E-state index in [9.17, 15) is 14.0 Å². The molecular weight excluding hydrogens is 349 g/mol. The van der Waals surface area contributed by atoms with Crippen LogP contribution < -0.4 is 5.32 Å². The van der Waals surface area contributed by atoms with Crippen LogP contribution in [0.1, 0.15) is 17.5 Å². The fourth-order valence-electron chi connectivity index (χ4n) is 2.18. The molecule has 0 bridgehead atoms. The Morgan fingerprint density at radius 1 is 1.20 bits per heavy atom. The van der Waals surface area contributed by atoms with Crippen molar-refractivity contribution in [2.45, 2.75) is 13.0 Å². The molecule has 1 amide bonds. The van der Waals surface area contributed by atoms with Gasteiger partial charge in [0.15, 0.2) is 6.10 Å². The van der Waals surface area contributed by atoms with Crippen LogP contribution in [0, 0.1) is 5.82 Å². The number of carbonyl (C=O) groups excluding carboxylic acids is 2. The first kappa shape index (κ1) is 17.0. The maximum absolute atomic E-state index is 13.0. The summed E-state index contributed by atoms with van der Waals surface area (Å²) in [4.78, 5) is 24.2. The van der Waals surface area contributed by atoms with Gasteiger partial charge in [0.2, 0.25) is 5.76 Å². The van der Waals surface area contributed by atoms with Crippen LogP contribution in [0.2, 0.25) is 5.02 Å². The van der Waals surface area contributed by atoms with Crippen LogP contribution in [0.3, 0.4) is 0 Å². The van der Waals surface area contributed by atoms with Crippen molar-refractivity contribution < 1.29 is 23.1 Å². The van der Waals surface area contributed by atoms with Crippen molar-refractivity contribution >= 4 is 40.1 Å². The SMILES string of the molecule is C[C@@H](OC(=O)c1cc2ccccc2o1)C(=O)Nc1ccc(F)cc1Cl. The Kier molecular flexibility index (Phi) is 4.72. The smallest absolute Gasteiger partial charge is 0.375 e. The third-order valence-electron chi connectivity index (χ3n) is 3.47. The largest absolute Gasteiger partial charge is 0.449 e. The van der Waals surface area contributed by atoms with E-state index in [1.165, 1.54) is 13.0 Å². The molecule has 3 rings (SSSR count). The number of benzene rings is 2. The second-order valence-corrected chi connectivity index (χ2v) is 5.72. The highest BCUT2D eigenvalue weighted by molar-refractivity contribution is 6.33. The number of rotatable bonds is 4. The number of nitrogens with one attached hydrogen (secondary N) is 1. The molecule has 5 nitrogen and oxygen atoms in total. The Labute approximate surface area is 147 Å². The molecule has 0 fully saturated rings. The zero-order valence-electron chi connectivity index (χ0n) is 13.1. The van der Waals surface area contributed by atoms with Gasteiger partial charge in [-0.25, -0.2) is 9.18 Å². The molecule has 0 aliphatic heterocycles. The minimum absolute atomic E-state index is 0.000615. The second-order valence-electron chi connectivity index (χ2n) is 5.31. The van der Waals surface area contributed by atoms with E-state index >= 15 is 0 Å². The summed E-state index contributed by atoms with van der Waals surface area (Å²) in [6.07, 6.45) is -1.10. The molecule has 25 heavy (non-hydrogen) atoms. The summed E-state index contributed by atoms with van der Waals surface area (Å²) in [5, 5.41) is 3.28. The first-order valence-corrected chi connectivity index (χ1v) is 7.77. The van der Waals surface area contributed by atoms with Crippen LogP contribution in [-0.4, -0.2) is 18.0 Å². The Bertz CT molecular complexity index is 920. The lowest BCUT2D eigenvalue weighted by atomic mass is 10.2. The molecule has 1 atom stereocenters. The fourth-order valence-corrected chi connectivity index (χ4v) is 2.39. The monoisotopic (exact) mass is 361 g/mol. The summed E-state index contributed by atoms with van der Waals surface area (Å²) in [5.74, 6) is -1.88. The molecule has 0 aliphatic carbocycles. The molecule has 2 aromatic carbocycles. The van der Waals surface area contributed by atoms with Crippen molar-refractivity contribution in [3.63, 3.8) is 0 Å². The average molecular weight is 362 g/mol. The first-order valence-electron chi connectivity index (χ1n) is 7.39. The van der Waals surface area contributed by atoms with Gasteiger partial charge < -0.3 is 14.5 Å². The zero-order valence-corrected chi connectivity index (χ0v) is 13.8. The van der Waals surface area contributed by atoms with Gasteiger partial charge in [-0.05, 0) is 37.3 Å². The lowest BCUT2D eigenvalue weighted by Crippen LogP contribution is -2.30. The fraction of sp³-hybridized carbons (Fsp3) is 0.111. The Hall–Kier alpha value is -2.86. The van der Waals surface area contributed by atoms with E-state index in [0.717, 1.165) is 17.5 Å². The average Bonchev–Trinajstić information content (AvgIpc) is 3.01. The summed E-state index contributed by atoms with van der Waals surface area (Å²) in [5.41, 5.74) is 0.768. The predicted octanol–water partition coefficient (Wildman–Crippen LogP) is 4.41. The third kappa shape index (κ3) is 3.80. The van der Waals surface area contributed by atoms with Gasteiger partial charge >= 0.3 is 5.97 Å². The Morgan fingerprint density at radius 2 is 1.96 bits per heavy atom. The van der Waals surface area contributed by atoms with Gasteiger partial charge in [0, 0.05) is 5.39 Å². The van der Waals surface area contributed by atoms with Crippen LogP contribution >= 0.6 is 11.6 Å². The predicted molar refractivity (Wildman–Crippen MR) is 91.1 cm³/mol. The molecule has 3 aromatic rings. The van der Waals surface area contributed by atoms with Crippen LogP contribution in [0.5, 0.6) is 0 Å². The lowest BCUT2D eigenvalue weighted by Gasteiger charge is -2.13. The highest BCUT2D eigenvalue weighted by Gasteiger charge is 2.22. The van der Waals surface area contributed by atoms with Crippen molar-refractivity contribution in [3.05, 3.63) is 65.1 Å². The highest BCUT2D eigenvalue weighted by Crippen LogP contribution is 2.23. The Morgan fingerprint density at radius 3 is 2.68 bits per heavy atom. The summed E-state index contributed by atoms with van der Waals surface area (Å²) >= 11 is 5.85. The van der Waals surface area contributed by atoms with E-state index in [2.05, 4.69) is 5.32 Å². The maximum Gasteiger partial charge on any atom is 0.375 e. The summed E-state index contributed by atoms with van der Waals surface area (Å²) in [6, 6.07) is 12.2. The van der Waals surface area contributed by atoms with Crippen molar-refractivity contribution in [1.29, 1.82) is 0 Å². The van der Waals surface area contributed by atoms with E-state index < -0.39 is 23.8 Å². The number of esters is 1. The van der Waals surface area contributed by atoms with Crippen LogP contribution in [0.4, 0.5) is 10.1 Å². The molecule has 0 radical (unpaired) electrons. The number of para-hydroxylation sites is 1. The van der Waals surface area contributed by atoms with Gasteiger partial charge in [0.25, 0.3) is 5.91 Å². The molecule has 0 spiro atoms. The summed E-state index contributed by atoms with van der Waals surface area (Å²) in [7, 11) is 0. The molecule has 0 saturated heterocycles. The van der Waals surface area contributed by atoms with Crippen molar-refractivity contribution in [2.75, 3.05) is 5.32 Å². The number of furan rings is 1. The number of amides is 1. The standard InChI is InChI=1S/C18H13ClFNO4/c1-10(17(22)21-14-7-6-12(20)9-13(14)19)24-18(23)16-8-11-4-2-3-5-15(11)25-16/h2-10H,1H3,(H,21,22)/t10-/m1/s1. The molecule has 0 unspecified atom stereocenters. The summed E-state index contributed by atoms with van der Waals surface area (Å²) in [6.45, 7) is 1.41. The number of fused-ring (bicyclic) bond motifs is 1. The second kappa shape index (κ2) is 6.94. The minimum Gasteiger partial charge on any atom is -0.449 e. The highest BCUT2D eigenvalue weighted by atomic mass is 35.5. The van der Waals surface area contributed by atoms with E-state index in [4.69, 9.17) is 20.8 Å². The Balaban J connectivity index is 1.67. The van der Waals surface area contributed by atoms with Gasteiger partial charge in [-0.1, -0.05) is 29.8 Å². The topological polar surface area (TPSA) is 68.5 Å². The minimum atomic E-state index is -1.10. The number of carbonyl (C=O) groups is 2. The van der Waals surface area contributed by atoms with Gasteiger partial charge in [-0.3, -0.25) is 4.79 Å². The number of hydrogen-bond donors (Lipinski definition) is 1. The maximum atomic E-state index is 13.0. The number of hydrogen-bond acceptors (Lipinski definition) is 4. The van der Waals surface area contributed by atoms with E-state index in [0.29, 0.717) is 5.58 Å². The molecule has 0 aliphatic rings. The number of halogens is 2. The van der Waals surface area contributed by atoms with E-state index in [1.807, 2.05) is 6.07 Å². The normalized spacial score (nSPS) is 12.0. The van der Waals surface area contributed by atoms with Gasteiger partial charge in [0.1, 0.15) is 11.4 Å². The lowest BCUT2D eigenvalue weighted by molar-refractivity contribution is -0.123. The van der Waals surface area contributed by atoms with Gasteiger partial charge in [-0.15, -0.1) is 0 Å². The van der Waals surface area contributed by atoms with E-state index in [-0.39, 0.29) is 16.5 Å². The van der Waals surface area contributed by atoms with Crippen LogP contribution in [0.25, 0.3) is 11.0 Å². The third-order valence-corrected chi connectivity index (χ3v) is 3.78. The molecule has 7 heteroatoms. The van der Waals surface area contributed by atoms with Gasteiger partial charge in [-0.2, -0.15) is 0 Å². The van der Waals surface area contributed by atoms with Crippen molar-refractivity contribution in [2.24, 2.45) is 0 Å². The summed E-state index contributed by atoms with van der Waals surface area (Å²) < 4.78 is 23.5. The van der Waals surface area contributed by atoms with Crippen LogP contribution in [0.15, 0.2) is 52.9 Å². The molecule has 1 N–H and O–H groups in total. The molecule has 1 heterocycles. The van der Waals surface area contributed by atoms with Crippen LogP contribution in [-0.2, 0) is 9.53 Å². The molecule has 0 saturated carbocycles. The molecule has 1 aromatic heterocycles. The van der Waals surface area contributed by atoms with Gasteiger partial charge in [0.05, 0.1) is 10.7 Å². The molecular formula is C18H13ClFNO4. The number of anilines is 1.